The highest BCUT2D eigenvalue weighted by Crippen LogP contribution is 2.30. The van der Waals surface area contributed by atoms with Crippen molar-refractivity contribution in [2.24, 2.45) is 11.8 Å². The number of carbonyl (C=O) groups excluding carboxylic acids is 1. The number of methoxy groups -OCH3 is 1. The van der Waals surface area contributed by atoms with Crippen LogP contribution < -0.4 is 0 Å². The molecule has 0 heterocycles. The Labute approximate surface area is 98.0 Å². The first-order chi connectivity index (χ1) is 7.77. The van der Waals surface area contributed by atoms with Gasteiger partial charge in [0.15, 0.2) is 0 Å². The Hall–Kier alpha value is -0.470. The molecule has 16 heavy (non-hydrogen) atoms. The summed E-state index contributed by atoms with van der Waals surface area (Å²) in [4.78, 5) is 11.4. The summed E-state index contributed by atoms with van der Waals surface area (Å²) in [5.41, 5.74) is 0. The largest absolute Gasteiger partial charge is 0.469 e. The molecule has 1 aliphatic carbocycles. The molecule has 5 heteroatoms. The highest BCUT2D eigenvalue weighted by molar-refractivity contribution is 7.17. The summed E-state index contributed by atoms with van der Waals surface area (Å²) in [6, 6.07) is 0. The van der Waals surface area contributed by atoms with Gasteiger partial charge in [-0.15, -0.1) is 0 Å². The van der Waals surface area contributed by atoms with Crippen LogP contribution in [0.25, 0.3) is 0 Å². The molecule has 0 aromatic carbocycles. The van der Waals surface area contributed by atoms with Crippen LogP contribution in [0.2, 0.25) is 0 Å². The Morgan fingerprint density at radius 1 is 1.44 bits per heavy atom. The molecule has 1 unspecified atom stereocenters. The van der Waals surface area contributed by atoms with E-state index in [4.69, 9.17) is 9.26 Å². The van der Waals surface area contributed by atoms with E-state index >= 15 is 0 Å². The van der Waals surface area contributed by atoms with Crippen molar-refractivity contribution in [3.63, 3.8) is 0 Å². The molecule has 1 rings (SSSR count). The highest BCUT2D eigenvalue weighted by Gasteiger charge is 2.23. The fraction of sp³-hybridized carbons (Fsp3) is 0.909. The van der Waals surface area contributed by atoms with E-state index < -0.39 is 0 Å². The minimum atomic E-state index is -0.372. The number of carbonyl (C=O) groups is 1. The molecule has 0 amide bonds. The quantitative estimate of drug-likeness (QED) is 0.512. The van der Waals surface area contributed by atoms with E-state index in [2.05, 4.69) is 0 Å². The first-order valence-corrected chi connectivity index (χ1v) is 6.53. The minimum absolute atomic E-state index is 0.185. The summed E-state index contributed by atoms with van der Waals surface area (Å²) >= 11 is 0. The number of hydrogen-bond donors (Lipinski definition) is 0. The molecule has 0 aromatic rings. The van der Waals surface area contributed by atoms with Gasteiger partial charge in [0.1, 0.15) is 0 Å². The molecule has 1 fully saturated rings. The summed E-state index contributed by atoms with van der Waals surface area (Å²) in [6.45, 7) is 0.185. The zero-order chi connectivity index (χ0) is 11.8. The number of esters is 1. The summed E-state index contributed by atoms with van der Waals surface area (Å²) in [7, 11) is 1.00. The van der Waals surface area contributed by atoms with Crippen molar-refractivity contribution in [2.75, 3.05) is 13.7 Å². The second kappa shape index (κ2) is 7.75. The Balaban J connectivity index is 2.30. The Morgan fingerprint density at radius 3 is 2.69 bits per heavy atom. The van der Waals surface area contributed by atoms with E-state index in [1.807, 2.05) is 0 Å². The lowest BCUT2D eigenvalue weighted by Crippen LogP contribution is -2.21. The summed E-state index contributed by atoms with van der Waals surface area (Å²) in [6.07, 6.45) is 6.97. The monoisotopic (exact) mass is 246 g/mol. The zero-order valence-electron chi connectivity index (χ0n) is 9.68. The number of hydrogen-bond acceptors (Lipinski definition) is 4. The van der Waals surface area contributed by atoms with E-state index in [0.717, 1.165) is 18.8 Å². The molecular formula is C11H19O4P. The normalized spacial score (nSPS) is 18.8. The molecule has 0 radical (unpaired) electrons. The average molecular weight is 246 g/mol. The number of ether oxygens (including phenoxy) is 1. The van der Waals surface area contributed by atoms with Gasteiger partial charge in [-0.2, -0.15) is 0 Å². The fourth-order valence-corrected chi connectivity index (χ4v) is 2.53. The van der Waals surface area contributed by atoms with Crippen molar-refractivity contribution in [3.05, 3.63) is 0 Å². The average Bonchev–Trinajstić information content (AvgIpc) is 2.81. The van der Waals surface area contributed by atoms with Crippen molar-refractivity contribution in [3.8, 4) is 0 Å². The second-order valence-corrected chi connectivity index (χ2v) is 4.73. The van der Waals surface area contributed by atoms with Crippen LogP contribution in [0.15, 0.2) is 0 Å². The van der Waals surface area contributed by atoms with Gasteiger partial charge in [0.05, 0.1) is 19.6 Å². The van der Waals surface area contributed by atoms with Crippen molar-refractivity contribution in [1.82, 2.24) is 0 Å². The van der Waals surface area contributed by atoms with Crippen LogP contribution in [0.4, 0.5) is 0 Å². The van der Waals surface area contributed by atoms with Gasteiger partial charge in [-0.05, 0) is 18.8 Å². The Morgan fingerprint density at radius 2 is 2.12 bits per heavy atom. The third kappa shape index (κ3) is 4.58. The lowest BCUT2D eigenvalue weighted by atomic mass is 9.95. The SMILES string of the molecule is COC(=O)C(CCC1CCCC1)COP=O. The van der Waals surface area contributed by atoms with Gasteiger partial charge in [0.25, 0.3) is 0 Å². The van der Waals surface area contributed by atoms with E-state index in [-0.39, 0.29) is 27.2 Å². The third-order valence-corrected chi connectivity index (χ3v) is 3.52. The standard InChI is InChI=1S/C11H19O4P/c1-14-11(12)10(8-15-16-13)7-6-9-4-2-3-5-9/h9-10H,2-8H2,1H3. The van der Waals surface area contributed by atoms with Gasteiger partial charge >= 0.3 is 14.7 Å². The topological polar surface area (TPSA) is 52.6 Å². The molecule has 1 atom stereocenters. The molecule has 0 aliphatic heterocycles. The predicted octanol–water partition coefficient (Wildman–Crippen LogP) is 2.97. The van der Waals surface area contributed by atoms with Crippen LogP contribution in [-0.4, -0.2) is 19.7 Å². The van der Waals surface area contributed by atoms with Gasteiger partial charge in [-0.3, -0.25) is 9.32 Å². The number of rotatable bonds is 7. The smallest absolute Gasteiger partial charge is 0.327 e. The van der Waals surface area contributed by atoms with Gasteiger partial charge < -0.3 is 4.74 Å². The molecular weight excluding hydrogens is 227 g/mol. The fourth-order valence-electron chi connectivity index (χ4n) is 2.29. The van der Waals surface area contributed by atoms with Crippen LogP contribution in [0.5, 0.6) is 0 Å². The van der Waals surface area contributed by atoms with Crippen LogP contribution in [0.3, 0.4) is 0 Å². The third-order valence-electron chi connectivity index (χ3n) is 3.26. The van der Waals surface area contributed by atoms with Crippen LogP contribution in [0, 0.1) is 11.8 Å². The van der Waals surface area contributed by atoms with E-state index in [0.29, 0.717) is 0 Å². The lowest BCUT2D eigenvalue weighted by molar-refractivity contribution is -0.146. The molecule has 0 aromatic heterocycles. The summed E-state index contributed by atoms with van der Waals surface area (Å²) in [5.74, 6) is 0.214. The summed E-state index contributed by atoms with van der Waals surface area (Å²) in [5, 5.41) is 0. The van der Waals surface area contributed by atoms with Crippen LogP contribution >= 0.6 is 8.69 Å². The lowest BCUT2D eigenvalue weighted by Gasteiger charge is -2.15. The maximum atomic E-state index is 11.4. The molecule has 1 aliphatic rings. The molecule has 0 bridgehead atoms. The van der Waals surface area contributed by atoms with Gasteiger partial charge in [0, 0.05) is 0 Å². The maximum Gasteiger partial charge on any atom is 0.327 e. The minimum Gasteiger partial charge on any atom is -0.469 e. The molecule has 0 spiro atoms. The highest BCUT2D eigenvalue weighted by atomic mass is 31.1. The molecule has 4 nitrogen and oxygen atoms in total. The van der Waals surface area contributed by atoms with Gasteiger partial charge in [-0.25, -0.2) is 4.57 Å². The molecule has 0 N–H and O–H groups in total. The first-order valence-electron chi connectivity index (χ1n) is 5.80. The predicted molar refractivity (Wildman–Crippen MR) is 60.3 cm³/mol. The molecule has 0 saturated heterocycles. The van der Waals surface area contributed by atoms with Crippen molar-refractivity contribution >= 4 is 14.7 Å². The van der Waals surface area contributed by atoms with E-state index in [1.54, 1.807) is 0 Å². The van der Waals surface area contributed by atoms with Crippen molar-refractivity contribution in [2.45, 2.75) is 38.5 Å². The van der Waals surface area contributed by atoms with E-state index in [1.165, 1.54) is 32.8 Å². The summed E-state index contributed by atoms with van der Waals surface area (Å²) < 4.78 is 19.7. The Bertz CT molecular complexity index is 226. The molecule has 92 valence electrons. The van der Waals surface area contributed by atoms with Crippen LogP contribution in [-0.2, 0) is 18.6 Å². The second-order valence-electron chi connectivity index (χ2n) is 4.32. The maximum absolute atomic E-state index is 11.4. The zero-order valence-corrected chi connectivity index (χ0v) is 10.6. The first kappa shape index (κ1) is 13.6. The van der Waals surface area contributed by atoms with Crippen molar-refractivity contribution < 1.29 is 18.6 Å². The van der Waals surface area contributed by atoms with Gasteiger partial charge in [0.2, 0.25) is 0 Å². The van der Waals surface area contributed by atoms with E-state index in [9.17, 15) is 9.36 Å². The van der Waals surface area contributed by atoms with Gasteiger partial charge in [-0.1, -0.05) is 25.7 Å². The van der Waals surface area contributed by atoms with Crippen LogP contribution in [0.1, 0.15) is 38.5 Å². The molecule has 1 saturated carbocycles. The van der Waals surface area contributed by atoms with Crippen molar-refractivity contribution in [1.29, 1.82) is 0 Å². The Kier molecular flexibility index (Phi) is 6.58.